The molecule has 0 fully saturated rings. The molecular weight excluding hydrogens is 392 g/mol. The van der Waals surface area contributed by atoms with Gasteiger partial charge in [0.2, 0.25) is 0 Å². The highest BCUT2D eigenvalue weighted by atomic mass is 16.5. The number of ether oxygens (including phenoxy) is 1. The lowest BCUT2D eigenvalue weighted by atomic mass is 10.1. The van der Waals surface area contributed by atoms with Gasteiger partial charge in [-0.2, -0.15) is 0 Å². The molecule has 0 atom stereocenters. The van der Waals surface area contributed by atoms with Crippen molar-refractivity contribution in [3.63, 3.8) is 0 Å². The minimum absolute atomic E-state index is 0.213. The molecule has 0 bridgehead atoms. The number of nitrogens with one attached hydrogen (secondary N) is 2. The minimum atomic E-state index is -0.400. The first kappa shape index (κ1) is 21.5. The van der Waals surface area contributed by atoms with Gasteiger partial charge in [0.1, 0.15) is 0 Å². The zero-order chi connectivity index (χ0) is 22.1. The van der Waals surface area contributed by atoms with E-state index in [1.807, 2.05) is 6.07 Å². The number of rotatable bonds is 7. The van der Waals surface area contributed by atoms with Crippen LogP contribution in [0.2, 0.25) is 0 Å². The van der Waals surface area contributed by atoms with Crippen LogP contribution in [0.15, 0.2) is 84.9 Å². The predicted molar refractivity (Wildman–Crippen MR) is 121 cm³/mol. The molecule has 0 aliphatic rings. The van der Waals surface area contributed by atoms with Crippen LogP contribution in [0.4, 0.5) is 11.4 Å². The number of carbonyl (C=O) groups excluding carboxylic acids is 3. The van der Waals surface area contributed by atoms with E-state index in [9.17, 15) is 14.4 Å². The third kappa shape index (κ3) is 6.40. The van der Waals surface area contributed by atoms with Crippen LogP contribution in [0.25, 0.3) is 6.08 Å². The third-order valence-corrected chi connectivity index (χ3v) is 4.31. The lowest BCUT2D eigenvalue weighted by Crippen LogP contribution is -2.13. The molecule has 0 radical (unpaired) electrons. The molecule has 2 N–H and O–H groups in total. The van der Waals surface area contributed by atoms with Crippen molar-refractivity contribution in [3.05, 3.63) is 102 Å². The van der Waals surface area contributed by atoms with E-state index in [0.717, 1.165) is 5.56 Å². The average molecular weight is 414 g/mol. The van der Waals surface area contributed by atoms with E-state index in [0.29, 0.717) is 29.1 Å². The van der Waals surface area contributed by atoms with Crippen LogP contribution in [0, 0.1) is 0 Å². The summed E-state index contributed by atoms with van der Waals surface area (Å²) in [5.74, 6) is -0.881. The monoisotopic (exact) mass is 414 g/mol. The maximum absolute atomic E-state index is 12.5. The van der Waals surface area contributed by atoms with Crippen LogP contribution in [0.3, 0.4) is 0 Å². The molecule has 0 unspecified atom stereocenters. The van der Waals surface area contributed by atoms with Gasteiger partial charge in [0.05, 0.1) is 6.61 Å². The Balaban J connectivity index is 1.57. The van der Waals surface area contributed by atoms with Gasteiger partial charge in [-0.05, 0) is 67.1 Å². The molecule has 3 aromatic rings. The van der Waals surface area contributed by atoms with Crippen molar-refractivity contribution in [1.82, 2.24) is 0 Å². The maximum atomic E-state index is 12.5. The largest absolute Gasteiger partial charge is 0.463 e. The fourth-order valence-corrected chi connectivity index (χ4v) is 2.73. The van der Waals surface area contributed by atoms with Gasteiger partial charge in [-0.1, -0.05) is 30.3 Å². The molecule has 3 rings (SSSR count). The van der Waals surface area contributed by atoms with Crippen molar-refractivity contribution in [1.29, 1.82) is 0 Å². The maximum Gasteiger partial charge on any atom is 0.330 e. The summed E-state index contributed by atoms with van der Waals surface area (Å²) >= 11 is 0. The molecule has 3 aromatic carbocycles. The molecular formula is C25H22N2O4. The van der Waals surface area contributed by atoms with Crippen molar-refractivity contribution >= 4 is 35.2 Å². The highest BCUT2D eigenvalue weighted by Gasteiger charge is 2.08. The molecule has 31 heavy (non-hydrogen) atoms. The standard InChI is InChI=1S/C25H22N2O4/c1-2-31-23(28)17-10-18-8-13-21(14-9-18)26-25(30)20-11-15-22(16-12-20)27-24(29)19-6-4-3-5-7-19/h3-17H,2H2,1H3,(H,26,30)(H,27,29)/b17-10+. The van der Waals surface area contributed by atoms with E-state index in [1.165, 1.54) is 6.08 Å². The zero-order valence-corrected chi connectivity index (χ0v) is 17.0. The lowest BCUT2D eigenvalue weighted by molar-refractivity contribution is -0.137. The van der Waals surface area contributed by atoms with Gasteiger partial charge in [0.25, 0.3) is 11.8 Å². The van der Waals surface area contributed by atoms with Crippen molar-refractivity contribution < 1.29 is 19.1 Å². The van der Waals surface area contributed by atoms with E-state index < -0.39 is 5.97 Å². The summed E-state index contributed by atoms with van der Waals surface area (Å²) in [6, 6.07) is 22.6. The van der Waals surface area contributed by atoms with Gasteiger partial charge >= 0.3 is 5.97 Å². The second-order valence-electron chi connectivity index (χ2n) is 6.56. The van der Waals surface area contributed by atoms with Crippen LogP contribution >= 0.6 is 0 Å². The molecule has 6 nitrogen and oxygen atoms in total. The number of benzene rings is 3. The SMILES string of the molecule is CCOC(=O)/C=C/c1ccc(NC(=O)c2ccc(NC(=O)c3ccccc3)cc2)cc1. The Hall–Kier alpha value is -4.19. The topological polar surface area (TPSA) is 84.5 Å². The molecule has 0 saturated carbocycles. The van der Waals surface area contributed by atoms with Gasteiger partial charge < -0.3 is 15.4 Å². The van der Waals surface area contributed by atoms with E-state index >= 15 is 0 Å². The molecule has 0 aromatic heterocycles. The molecule has 0 saturated heterocycles. The van der Waals surface area contributed by atoms with Crippen molar-refractivity contribution in [2.45, 2.75) is 6.92 Å². The number of hydrogen-bond acceptors (Lipinski definition) is 4. The molecule has 156 valence electrons. The number of esters is 1. The molecule has 2 amide bonds. The first-order chi connectivity index (χ1) is 15.0. The van der Waals surface area contributed by atoms with E-state index in [1.54, 1.807) is 85.8 Å². The average Bonchev–Trinajstić information content (AvgIpc) is 2.80. The quantitative estimate of drug-likeness (QED) is 0.431. The third-order valence-electron chi connectivity index (χ3n) is 4.31. The fourth-order valence-electron chi connectivity index (χ4n) is 2.73. The summed E-state index contributed by atoms with van der Waals surface area (Å²) in [5, 5.41) is 5.61. The first-order valence-corrected chi connectivity index (χ1v) is 9.78. The smallest absolute Gasteiger partial charge is 0.330 e. The number of amides is 2. The Morgan fingerprint density at radius 3 is 1.81 bits per heavy atom. The highest BCUT2D eigenvalue weighted by Crippen LogP contribution is 2.15. The van der Waals surface area contributed by atoms with Crippen LogP contribution in [0.5, 0.6) is 0 Å². The Bertz CT molecular complexity index is 1070. The Kier molecular flexibility index (Phi) is 7.32. The number of hydrogen-bond donors (Lipinski definition) is 2. The summed E-state index contributed by atoms with van der Waals surface area (Å²) in [6.07, 6.45) is 3.00. The fraction of sp³-hybridized carbons (Fsp3) is 0.0800. The Morgan fingerprint density at radius 2 is 1.26 bits per heavy atom. The molecule has 0 heterocycles. The summed E-state index contributed by atoms with van der Waals surface area (Å²) in [5.41, 5.74) is 3.06. The van der Waals surface area contributed by atoms with Crippen molar-refractivity contribution in [2.24, 2.45) is 0 Å². The molecule has 0 aliphatic heterocycles. The predicted octanol–water partition coefficient (Wildman–Crippen LogP) is 4.77. The Labute approximate surface area is 180 Å². The summed E-state index contributed by atoms with van der Waals surface area (Å²) < 4.78 is 4.84. The summed E-state index contributed by atoms with van der Waals surface area (Å²) in [7, 11) is 0. The second-order valence-corrected chi connectivity index (χ2v) is 6.56. The molecule has 0 aliphatic carbocycles. The Morgan fingerprint density at radius 1 is 0.742 bits per heavy atom. The van der Waals surface area contributed by atoms with Crippen molar-refractivity contribution in [2.75, 3.05) is 17.2 Å². The van der Waals surface area contributed by atoms with Crippen LogP contribution in [0.1, 0.15) is 33.2 Å². The van der Waals surface area contributed by atoms with Crippen LogP contribution in [-0.4, -0.2) is 24.4 Å². The van der Waals surface area contributed by atoms with Gasteiger partial charge in [0.15, 0.2) is 0 Å². The minimum Gasteiger partial charge on any atom is -0.463 e. The van der Waals surface area contributed by atoms with Gasteiger partial charge in [-0.15, -0.1) is 0 Å². The van der Waals surface area contributed by atoms with E-state index in [-0.39, 0.29) is 11.8 Å². The summed E-state index contributed by atoms with van der Waals surface area (Å²) in [4.78, 5) is 36.0. The van der Waals surface area contributed by atoms with Gasteiger partial charge in [0, 0.05) is 28.6 Å². The zero-order valence-electron chi connectivity index (χ0n) is 17.0. The number of anilines is 2. The van der Waals surface area contributed by atoms with Crippen molar-refractivity contribution in [3.8, 4) is 0 Å². The first-order valence-electron chi connectivity index (χ1n) is 9.78. The normalized spacial score (nSPS) is 10.5. The number of carbonyl (C=O) groups is 3. The summed E-state index contributed by atoms with van der Waals surface area (Å²) in [6.45, 7) is 2.08. The second kappa shape index (κ2) is 10.5. The van der Waals surface area contributed by atoms with Crippen LogP contribution in [-0.2, 0) is 9.53 Å². The van der Waals surface area contributed by atoms with E-state index in [4.69, 9.17) is 4.74 Å². The lowest BCUT2D eigenvalue weighted by Gasteiger charge is -2.08. The molecule has 0 spiro atoms. The van der Waals surface area contributed by atoms with Gasteiger partial charge in [-0.3, -0.25) is 9.59 Å². The van der Waals surface area contributed by atoms with Crippen LogP contribution < -0.4 is 10.6 Å². The van der Waals surface area contributed by atoms with Gasteiger partial charge in [-0.25, -0.2) is 4.79 Å². The van der Waals surface area contributed by atoms with E-state index in [2.05, 4.69) is 10.6 Å². The highest BCUT2D eigenvalue weighted by molar-refractivity contribution is 6.06. The molecule has 6 heteroatoms.